The van der Waals surface area contributed by atoms with E-state index in [2.05, 4.69) is 26.2 Å². The van der Waals surface area contributed by atoms with Gasteiger partial charge >= 0.3 is 11.9 Å². The second kappa shape index (κ2) is 9.66. The number of halogens is 1. The predicted octanol–water partition coefficient (Wildman–Crippen LogP) is 2.78. The Labute approximate surface area is 166 Å². The third-order valence-corrected chi connectivity index (χ3v) is 4.71. The van der Waals surface area contributed by atoms with E-state index in [4.69, 9.17) is 0 Å². The van der Waals surface area contributed by atoms with Crippen LogP contribution in [0, 0.1) is 5.92 Å². The van der Waals surface area contributed by atoms with Crippen LogP contribution in [0.3, 0.4) is 0 Å². The first-order valence-corrected chi connectivity index (χ1v) is 9.50. The zero-order valence-corrected chi connectivity index (χ0v) is 16.9. The van der Waals surface area contributed by atoms with Gasteiger partial charge in [0.2, 0.25) is 0 Å². The quantitative estimate of drug-likeness (QED) is 0.527. The highest BCUT2D eigenvalue weighted by atomic mass is 79.9. The summed E-state index contributed by atoms with van der Waals surface area (Å²) >= 11 is 3.40. The van der Waals surface area contributed by atoms with E-state index in [9.17, 15) is 19.8 Å². The van der Waals surface area contributed by atoms with Gasteiger partial charge in [0, 0.05) is 29.3 Å². The Morgan fingerprint density at radius 1 is 1.15 bits per heavy atom. The molecule has 8 heteroatoms. The number of carbonyl (C=O) groups is 2. The maximum absolute atomic E-state index is 11.7. The van der Waals surface area contributed by atoms with Crippen molar-refractivity contribution in [2.24, 2.45) is 5.92 Å². The molecule has 1 aromatic carbocycles. The molecule has 0 aliphatic heterocycles. The molecule has 7 nitrogen and oxygen atoms in total. The zero-order chi connectivity index (χ0) is 20.0. The molecule has 0 bridgehead atoms. The summed E-state index contributed by atoms with van der Waals surface area (Å²) in [5.41, 5.74) is 1.78. The van der Waals surface area contributed by atoms with Gasteiger partial charge in [-0.15, -0.1) is 0 Å². The highest BCUT2D eigenvalue weighted by Crippen LogP contribution is 2.14. The molecule has 0 radical (unpaired) electrons. The van der Waals surface area contributed by atoms with Crippen LogP contribution in [0.4, 0.5) is 0 Å². The van der Waals surface area contributed by atoms with Gasteiger partial charge in [-0.1, -0.05) is 41.9 Å². The Balaban J connectivity index is 2.12. The van der Waals surface area contributed by atoms with Crippen molar-refractivity contribution < 1.29 is 19.8 Å². The number of rotatable bonds is 10. The Hall–Kier alpha value is -2.19. The lowest BCUT2D eigenvalue weighted by atomic mass is 10.0. The summed E-state index contributed by atoms with van der Waals surface area (Å²) in [5, 5.41) is 21.7. The van der Waals surface area contributed by atoms with Gasteiger partial charge in [0.25, 0.3) is 0 Å². The molecule has 3 N–H and O–H groups in total. The maximum Gasteiger partial charge on any atom is 0.321 e. The molecule has 0 saturated heterocycles. The molecule has 2 rings (SSSR count). The van der Waals surface area contributed by atoms with Gasteiger partial charge in [-0.2, -0.15) is 0 Å². The topological polar surface area (TPSA) is 104 Å². The van der Waals surface area contributed by atoms with E-state index in [1.54, 1.807) is 12.5 Å². The van der Waals surface area contributed by atoms with Crippen LogP contribution in [0.1, 0.15) is 31.5 Å². The summed E-state index contributed by atoms with van der Waals surface area (Å²) in [6, 6.07) is 5.92. The standard InChI is InChI=1S/C19H24BrN3O4/c1-12(2)7-16(18(24)25)22-17(19(26)27)8-15-9-21-11-23(15)10-13-3-5-14(20)6-4-13/h3-6,9,11-12,16-17,22H,7-8,10H2,1-2H3,(H,24,25)(H,26,27). The smallest absolute Gasteiger partial charge is 0.321 e. The molecule has 146 valence electrons. The number of carboxylic acids is 2. The van der Waals surface area contributed by atoms with Crippen LogP contribution >= 0.6 is 15.9 Å². The predicted molar refractivity (Wildman–Crippen MR) is 105 cm³/mol. The molecule has 0 amide bonds. The van der Waals surface area contributed by atoms with E-state index >= 15 is 0 Å². The zero-order valence-electron chi connectivity index (χ0n) is 15.3. The van der Waals surface area contributed by atoms with E-state index in [0.29, 0.717) is 13.0 Å². The van der Waals surface area contributed by atoms with Gasteiger partial charge in [0.1, 0.15) is 12.1 Å². The van der Waals surface area contributed by atoms with E-state index in [1.165, 1.54) is 0 Å². The lowest BCUT2D eigenvalue weighted by molar-refractivity contribution is -0.142. The average molecular weight is 438 g/mol. The number of hydrogen-bond acceptors (Lipinski definition) is 4. The van der Waals surface area contributed by atoms with Crippen molar-refractivity contribution >= 4 is 27.9 Å². The number of nitrogens with zero attached hydrogens (tertiary/aromatic N) is 2. The van der Waals surface area contributed by atoms with Crippen LogP contribution in [-0.2, 0) is 22.6 Å². The minimum Gasteiger partial charge on any atom is -0.480 e. The molecule has 2 aromatic rings. The lowest BCUT2D eigenvalue weighted by Gasteiger charge is -2.22. The highest BCUT2D eigenvalue weighted by molar-refractivity contribution is 9.10. The van der Waals surface area contributed by atoms with Crippen LogP contribution in [0.2, 0.25) is 0 Å². The van der Waals surface area contributed by atoms with Gasteiger partial charge in [0.05, 0.1) is 6.33 Å². The summed E-state index contributed by atoms with van der Waals surface area (Å²) in [6.07, 6.45) is 3.78. The fourth-order valence-electron chi connectivity index (χ4n) is 2.83. The molecule has 2 unspecified atom stereocenters. The van der Waals surface area contributed by atoms with Gasteiger partial charge in [-0.25, -0.2) is 4.98 Å². The molecule has 27 heavy (non-hydrogen) atoms. The average Bonchev–Trinajstić information content (AvgIpc) is 3.01. The summed E-state index contributed by atoms with van der Waals surface area (Å²) in [5.74, 6) is -1.99. The Kier molecular flexibility index (Phi) is 7.55. The highest BCUT2D eigenvalue weighted by Gasteiger charge is 2.27. The minimum absolute atomic E-state index is 0.135. The fourth-order valence-corrected chi connectivity index (χ4v) is 3.09. The maximum atomic E-state index is 11.7. The molecular weight excluding hydrogens is 414 g/mol. The van der Waals surface area contributed by atoms with Crippen molar-refractivity contribution in [1.82, 2.24) is 14.9 Å². The van der Waals surface area contributed by atoms with Crippen molar-refractivity contribution in [1.29, 1.82) is 0 Å². The molecule has 1 aromatic heterocycles. The van der Waals surface area contributed by atoms with Gasteiger partial charge in [-0.05, 0) is 30.0 Å². The molecule has 1 heterocycles. The number of carboxylic acid groups (broad SMARTS) is 2. The van der Waals surface area contributed by atoms with Crippen molar-refractivity contribution in [3.63, 3.8) is 0 Å². The molecular formula is C19H24BrN3O4. The number of hydrogen-bond donors (Lipinski definition) is 3. The normalized spacial score (nSPS) is 13.5. The summed E-state index contributed by atoms with van der Waals surface area (Å²) < 4.78 is 2.86. The van der Waals surface area contributed by atoms with Crippen LogP contribution in [0.5, 0.6) is 0 Å². The minimum atomic E-state index is -1.08. The summed E-state index contributed by atoms with van der Waals surface area (Å²) in [4.78, 5) is 27.3. The fraction of sp³-hybridized carbons (Fsp3) is 0.421. The molecule has 2 atom stereocenters. The second-order valence-electron chi connectivity index (χ2n) is 6.92. The van der Waals surface area contributed by atoms with E-state index in [-0.39, 0.29) is 12.3 Å². The second-order valence-corrected chi connectivity index (χ2v) is 7.84. The monoisotopic (exact) mass is 437 g/mol. The number of nitrogens with one attached hydrogen (secondary N) is 1. The van der Waals surface area contributed by atoms with Gasteiger partial charge in [0.15, 0.2) is 0 Å². The molecule has 0 aliphatic carbocycles. The van der Waals surface area contributed by atoms with Crippen LogP contribution in [-0.4, -0.2) is 43.8 Å². The Bertz CT molecular complexity index is 774. The molecule has 0 spiro atoms. The van der Waals surface area contributed by atoms with Crippen LogP contribution in [0.15, 0.2) is 41.3 Å². The SMILES string of the molecule is CC(C)CC(NC(Cc1cncn1Cc1ccc(Br)cc1)C(=O)O)C(=O)O. The number of aromatic nitrogens is 2. The lowest BCUT2D eigenvalue weighted by Crippen LogP contribution is -2.49. The third-order valence-electron chi connectivity index (χ3n) is 4.18. The third kappa shape index (κ3) is 6.48. The first-order chi connectivity index (χ1) is 12.8. The number of benzene rings is 1. The van der Waals surface area contributed by atoms with E-state index in [0.717, 1.165) is 15.7 Å². The van der Waals surface area contributed by atoms with Gasteiger partial charge < -0.3 is 14.8 Å². The molecule has 0 fully saturated rings. The first-order valence-electron chi connectivity index (χ1n) is 8.71. The number of imidazole rings is 1. The first kappa shape index (κ1) is 21.1. The van der Waals surface area contributed by atoms with Gasteiger partial charge in [-0.3, -0.25) is 14.9 Å². The van der Waals surface area contributed by atoms with E-state index in [1.807, 2.05) is 42.7 Å². The Morgan fingerprint density at radius 3 is 2.33 bits per heavy atom. The van der Waals surface area contributed by atoms with Crippen LogP contribution in [0.25, 0.3) is 0 Å². The van der Waals surface area contributed by atoms with Crippen molar-refractivity contribution in [3.05, 3.63) is 52.5 Å². The Morgan fingerprint density at radius 2 is 1.78 bits per heavy atom. The van der Waals surface area contributed by atoms with Crippen molar-refractivity contribution in [2.75, 3.05) is 0 Å². The molecule has 0 aliphatic rings. The van der Waals surface area contributed by atoms with Crippen molar-refractivity contribution in [3.8, 4) is 0 Å². The van der Waals surface area contributed by atoms with Crippen molar-refractivity contribution in [2.45, 2.75) is 45.3 Å². The summed E-state index contributed by atoms with van der Waals surface area (Å²) in [7, 11) is 0. The summed E-state index contributed by atoms with van der Waals surface area (Å²) in [6.45, 7) is 4.37. The number of aliphatic carboxylic acids is 2. The van der Waals surface area contributed by atoms with E-state index < -0.39 is 24.0 Å². The van der Waals surface area contributed by atoms with Crippen LogP contribution < -0.4 is 5.32 Å². The molecule has 0 saturated carbocycles. The largest absolute Gasteiger partial charge is 0.480 e.